The highest BCUT2D eigenvalue weighted by molar-refractivity contribution is 5.64. The summed E-state index contributed by atoms with van der Waals surface area (Å²) in [5.74, 6) is 0.0730. The molecule has 1 aliphatic carbocycles. The van der Waals surface area contributed by atoms with Crippen LogP contribution in [0.4, 0.5) is 4.79 Å². The van der Waals surface area contributed by atoms with Crippen LogP contribution in [0.3, 0.4) is 0 Å². The van der Waals surface area contributed by atoms with Gasteiger partial charge in [0, 0.05) is 12.5 Å². The topological polar surface area (TPSA) is 69.6 Å². The van der Waals surface area contributed by atoms with Crippen LogP contribution in [0.5, 0.6) is 0 Å². The molecule has 0 fully saturated rings. The Morgan fingerprint density at radius 3 is 2.52 bits per heavy atom. The van der Waals surface area contributed by atoms with Crippen molar-refractivity contribution >= 4 is 6.09 Å². The van der Waals surface area contributed by atoms with Crippen molar-refractivity contribution in [3.8, 4) is 0 Å². The molecule has 0 saturated carbocycles. The number of aliphatic hydroxyl groups excluding tert-OH is 1. The summed E-state index contributed by atoms with van der Waals surface area (Å²) >= 11 is 0. The Labute approximate surface area is 123 Å². The Bertz CT molecular complexity index is 651. The summed E-state index contributed by atoms with van der Waals surface area (Å²) in [4.78, 5) is 10.5. The summed E-state index contributed by atoms with van der Waals surface area (Å²) in [6.07, 6.45) is -0.658. The van der Waals surface area contributed by atoms with Gasteiger partial charge in [0.2, 0.25) is 0 Å². The molecule has 0 saturated heterocycles. The molecule has 0 radical (unpaired) electrons. The normalized spacial score (nSPS) is 20.0. The van der Waals surface area contributed by atoms with Crippen molar-refractivity contribution in [1.29, 1.82) is 0 Å². The zero-order valence-electron chi connectivity index (χ0n) is 11.5. The zero-order chi connectivity index (χ0) is 14.8. The molecule has 0 aromatic heterocycles. The van der Waals surface area contributed by atoms with E-state index in [0.29, 0.717) is 6.54 Å². The number of fused-ring (bicyclic) bond motifs is 1. The largest absolute Gasteiger partial charge is 0.465 e. The van der Waals surface area contributed by atoms with Gasteiger partial charge in [-0.15, -0.1) is 0 Å². The second-order valence-corrected chi connectivity index (χ2v) is 5.35. The molecule has 0 aliphatic heterocycles. The van der Waals surface area contributed by atoms with E-state index in [9.17, 15) is 9.90 Å². The number of aliphatic hydroxyl groups is 1. The fourth-order valence-electron chi connectivity index (χ4n) is 2.93. The molecule has 0 heterocycles. The van der Waals surface area contributed by atoms with Crippen molar-refractivity contribution in [2.75, 3.05) is 0 Å². The molecule has 108 valence electrons. The Balaban J connectivity index is 1.75. The third kappa shape index (κ3) is 2.76. The number of amides is 1. The third-order valence-corrected chi connectivity index (χ3v) is 4.05. The molecule has 0 bridgehead atoms. The number of carboxylic acid groups (broad SMARTS) is 1. The molecule has 1 amide bonds. The third-order valence-electron chi connectivity index (χ3n) is 4.05. The maximum absolute atomic E-state index is 10.5. The molecular formula is C17H17NO3. The fraction of sp³-hybridized carbons (Fsp3) is 0.235. The molecule has 2 atom stereocenters. The Hall–Kier alpha value is -2.33. The lowest BCUT2D eigenvalue weighted by Crippen LogP contribution is -2.19. The monoisotopic (exact) mass is 283 g/mol. The minimum Gasteiger partial charge on any atom is -0.465 e. The molecule has 1 aliphatic rings. The second-order valence-electron chi connectivity index (χ2n) is 5.35. The predicted molar refractivity (Wildman–Crippen MR) is 79.2 cm³/mol. The van der Waals surface area contributed by atoms with Gasteiger partial charge in [-0.25, -0.2) is 4.79 Å². The van der Waals surface area contributed by atoms with E-state index in [4.69, 9.17) is 5.11 Å². The standard InChI is InChI=1S/C17H17NO3/c19-16-14-4-2-1-3-13(14)9-15(16)12-7-5-11(6-8-12)10-18-17(20)21/h1-8,15-16,18-19H,9-10H2,(H,20,21). The fourth-order valence-corrected chi connectivity index (χ4v) is 2.93. The number of benzene rings is 2. The molecule has 3 N–H and O–H groups in total. The molecule has 2 aromatic carbocycles. The van der Waals surface area contributed by atoms with Gasteiger partial charge in [0.05, 0.1) is 6.10 Å². The Morgan fingerprint density at radius 1 is 1.14 bits per heavy atom. The van der Waals surface area contributed by atoms with E-state index < -0.39 is 12.2 Å². The number of carbonyl (C=O) groups is 1. The summed E-state index contributed by atoms with van der Waals surface area (Å²) in [6.45, 7) is 0.295. The van der Waals surface area contributed by atoms with Gasteiger partial charge in [-0.3, -0.25) is 0 Å². The molecule has 2 aromatic rings. The summed E-state index contributed by atoms with van der Waals surface area (Å²) < 4.78 is 0. The summed E-state index contributed by atoms with van der Waals surface area (Å²) in [5, 5.41) is 21.4. The first-order valence-electron chi connectivity index (χ1n) is 6.96. The molecular weight excluding hydrogens is 266 g/mol. The predicted octanol–water partition coefficient (Wildman–Crippen LogP) is 2.83. The van der Waals surface area contributed by atoms with Crippen molar-refractivity contribution in [2.45, 2.75) is 25.0 Å². The van der Waals surface area contributed by atoms with E-state index in [-0.39, 0.29) is 5.92 Å². The van der Waals surface area contributed by atoms with E-state index in [2.05, 4.69) is 11.4 Å². The van der Waals surface area contributed by atoms with Crippen molar-refractivity contribution in [3.63, 3.8) is 0 Å². The van der Waals surface area contributed by atoms with Crippen molar-refractivity contribution in [2.24, 2.45) is 0 Å². The number of hydrogen-bond acceptors (Lipinski definition) is 2. The van der Waals surface area contributed by atoms with Gasteiger partial charge in [0.25, 0.3) is 0 Å². The Morgan fingerprint density at radius 2 is 1.86 bits per heavy atom. The first kappa shape index (κ1) is 13.6. The lowest BCUT2D eigenvalue weighted by Gasteiger charge is -2.16. The van der Waals surface area contributed by atoms with Crippen LogP contribution < -0.4 is 5.32 Å². The van der Waals surface area contributed by atoms with Gasteiger partial charge in [0.15, 0.2) is 0 Å². The molecule has 3 rings (SSSR count). The zero-order valence-corrected chi connectivity index (χ0v) is 11.5. The van der Waals surface area contributed by atoms with E-state index >= 15 is 0 Å². The van der Waals surface area contributed by atoms with Gasteiger partial charge in [-0.05, 0) is 28.7 Å². The van der Waals surface area contributed by atoms with Crippen LogP contribution in [0.2, 0.25) is 0 Å². The smallest absolute Gasteiger partial charge is 0.404 e. The van der Waals surface area contributed by atoms with E-state index in [1.54, 1.807) is 0 Å². The highest BCUT2D eigenvalue weighted by atomic mass is 16.4. The van der Waals surface area contributed by atoms with Gasteiger partial charge in [-0.2, -0.15) is 0 Å². The van der Waals surface area contributed by atoms with Crippen LogP contribution in [-0.4, -0.2) is 16.3 Å². The van der Waals surface area contributed by atoms with Crippen LogP contribution in [0, 0.1) is 0 Å². The molecule has 21 heavy (non-hydrogen) atoms. The van der Waals surface area contributed by atoms with Gasteiger partial charge >= 0.3 is 6.09 Å². The van der Waals surface area contributed by atoms with Gasteiger partial charge < -0.3 is 15.5 Å². The maximum atomic E-state index is 10.5. The molecule has 2 unspecified atom stereocenters. The van der Waals surface area contributed by atoms with Gasteiger partial charge in [-0.1, -0.05) is 48.5 Å². The highest BCUT2D eigenvalue weighted by Gasteiger charge is 2.31. The van der Waals surface area contributed by atoms with Crippen LogP contribution >= 0.6 is 0 Å². The average molecular weight is 283 g/mol. The van der Waals surface area contributed by atoms with E-state index in [1.807, 2.05) is 42.5 Å². The van der Waals surface area contributed by atoms with Crippen LogP contribution in [0.15, 0.2) is 48.5 Å². The molecule has 0 spiro atoms. The second kappa shape index (κ2) is 5.58. The summed E-state index contributed by atoms with van der Waals surface area (Å²) in [7, 11) is 0. The lowest BCUT2D eigenvalue weighted by molar-refractivity contribution is 0.158. The SMILES string of the molecule is O=C(O)NCc1ccc(C2Cc3ccccc3C2O)cc1. The molecule has 4 nitrogen and oxygen atoms in total. The summed E-state index contributed by atoms with van der Waals surface area (Å²) in [6, 6.07) is 15.7. The van der Waals surface area contributed by atoms with Gasteiger partial charge in [0.1, 0.15) is 0 Å². The van der Waals surface area contributed by atoms with Crippen molar-refractivity contribution in [1.82, 2.24) is 5.32 Å². The summed E-state index contributed by atoms with van der Waals surface area (Å²) in [5.41, 5.74) is 4.20. The van der Waals surface area contributed by atoms with E-state index in [0.717, 1.165) is 23.1 Å². The van der Waals surface area contributed by atoms with Crippen LogP contribution in [-0.2, 0) is 13.0 Å². The van der Waals surface area contributed by atoms with Crippen LogP contribution in [0.1, 0.15) is 34.3 Å². The first-order chi connectivity index (χ1) is 10.1. The quantitative estimate of drug-likeness (QED) is 0.811. The van der Waals surface area contributed by atoms with Crippen molar-refractivity contribution < 1.29 is 15.0 Å². The average Bonchev–Trinajstić information content (AvgIpc) is 2.83. The van der Waals surface area contributed by atoms with Crippen LogP contribution in [0.25, 0.3) is 0 Å². The maximum Gasteiger partial charge on any atom is 0.404 e. The number of nitrogens with one attached hydrogen (secondary N) is 1. The number of rotatable bonds is 3. The molecule has 4 heteroatoms. The number of hydrogen-bond donors (Lipinski definition) is 3. The Kier molecular flexibility index (Phi) is 3.62. The highest BCUT2D eigenvalue weighted by Crippen LogP contribution is 2.42. The van der Waals surface area contributed by atoms with E-state index in [1.165, 1.54) is 5.56 Å². The minimum atomic E-state index is -1.03. The first-order valence-corrected chi connectivity index (χ1v) is 6.96. The lowest BCUT2D eigenvalue weighted by atomic mass is 9.93. The van der Waals surface area contributed by atoms with Crippen molar-refractivity contribution in [3.05, 3.63) is 70.8 Å². The minimum absolute atomic E-state index is 0.0730.